The van der Waals surface area contributed by atoms with E-state index in [9.17, 15) is 0 Å². The Morgan fingerprint density at radius 1 is 1.50 bits per heavy atom. The second-order valence-electron chi connectivity index (χ2n) is 4.18. The zero-order chi connectivity index (χ0) is 9.97. The minimum atomic E-state index is 0.388. The molecule has 0 radical (unpaired) electrons. The third-order valence-corrected chi connectivity index (χ3v) is 2.87. The van der Waals surface area contributed by atoms with Crippen molar-refractivity contribution in [1.82, 2.24) is 0 Å². The van der Waals surface area contributed by atoms with Crippen LogP contribution >= 0.6 is 0 Å². The van der Waals surface area contributed by atoms with E-state index in [1.807, 2.05) is 0 Å². The Morgan fingerprint density at radius 3 is 2.93 bits per heavy atom. The average molecular weight is 191 g/mol. The van der Waals surface area contributed by atoms with Crippen LogP contribution in [0.3, 0.4) is 0 Å². The van der Waals surface area contributed by atoms with Crippen molar-refractivity contribution in [1.29, 1.82) is 0 Å². The lowest BCUT2D eigenvalue weighted by Gasteiger charge is -2.11. The predicted molar refractivity (Wildman–Crippen MR) is 57.0 cm³/mol. The molecule has 1 aliphatic carbocycles. The molecule has 0 aromatic heterocycles. The molecule has 0 saturated heterocycles. The van der Waals surface area contributed by atoms with E-state index in [-0.39, 0.29) is 0 Å². The highest BCUT2D eigenvalue weighted by atomic mass is 16.6. The van der Waals surface area contributed by atoms with Gasteiger partial charge in [0.05, 0.1) is 6.61 Å². The van der Waals surface area contributed by atoms with Crippen molar-refractivity contribution in [3.05, 3.63) is 35.4 Å². The zero-order valence-corrected chi connectivity index (χ0v) is 8.57. The van der Waals surface area contributed by atoms with Gasteiger partial charge in [-0.05, 0) is 29.9 Å². The van der Waals surface area contributed by atoms with Crippen LogP contribution in [-0.2, 0) is 4.84 Å². The Bertz CT molecular complexity index is 307. The normalized spacial score (nSPS) is 18.1. The summed E-state index contributed by atoms with van der Waals surface area (Å²) < 4.78 is 0. The fourth-order valence-electron chi connectivity index (χ4n) is 1.78. The number of hydrogen-bond acceptors (Lipinski definition) is 2. The molecule has 2 nitrogen and oxygen atoms in total. The van der Waals surface area contributed by atoms with Crippen LogP contribution in [0.5, 0.6) is 0 Å². The summed E-state index contributed by atoms with van der Waals surface area (Å²) in [6.07, 6.45) is 2.70. The molecule has 1 atom stereocenters. The molecule has 0 heterocycles. The lowest BCUT2D eigenvalue weighted by molar-refractivity contribution is 0.126. The van der Waals surface area contributed by atoms with Gasteiger partial charge in [-0.25, -0.2) is 5.90 Å². The number of hydrogen-bond donors (Lipinski definition) is 1. The minimum Gasteiger partial charge on any atom is -0.304 e. The molecule has 76 valence electrons. The highest BCUT2D eigenvalue weighted by Crippen LogP contribution is 2.40. The molecule has 1 aromatic rings. The van der Waals surface area contributed by atoms with Crippen molar-refractivity contribution in [2.45, 2.75) is 31.6 Å². The minimum absolute atomic E-state index is 0.388. The van der Waals surface area contributed by atoms with Gasteiger partial charge in [0, 0.05) is 5.92 Å². The predicted octanol–water partition coefficient (Wildman–Crippen LogP) is 2.56. The van der Waals surface area contributed by atoms with Gasteiger partial charge in [0.25, 0.3) is 0 Å². The maximum absolute atomic E-state index is 5.08. The van der Waals surface area contributed by atoms with E-state index in [4.69, 9.17) is 5.90 Å². The Hall–Kier alpha value is -0.860. The fraction of sp³-hybridized carbons (Fsp3) is 0.500. The van der Waals surface area contributed by atoms with Gasteiger partial charge in [0.2, 0.25) is 0 Å². The summed E-state index contributed by atoms with van der Waals surface area (Å²) in [4.78, 5) is 4.67. The molecule has 2 heteroatoms. The molecule has 0 spiro atoms. The third kappa shape index (κ3) is 2.14. The first-order chi connectivity index (χ1) is 6.81. The topological polar surface area (TPSA) is 35.2 Å². The molecular weight excluding hydrogens is 174 g/mol. The van der Waals surface area contributed by atoms with E-state index in [0.29, 0.717) is 12.5 Å². The number of rotatable bonds is 4. The van der Waals surface area contributed by atoms with Crippen molar-refractivity contribution in [3.63, 3.8) is 0 Å². The first-order valence-electron chi connectivity index (χ1n) is 5.23. The molecule has 1 fully saturated rings. The molecular formula is C12H17NO. The monoisotopic (exact) mass is 191 g/mol. The lowest BCUT2D eigenvalue weighted by Crippen LogP contribution is -2.08. The van der Waals surface area contributed by atoms with E-state index in [1.54, 1.807) is 0 Å². The highest BCUT2D eigenvalue weighted by molar-refractivity contribution is 5.30. The molecule has 1 unspecified atom stereocenters. The number of benzene rings is 1. The Kier molecular flexibility index (Phi) is 2.85. The van der Waals surface area contributed by atoms with E-state index in [1.165, 1.54) is 24.0 Å². The van der Waals surface area contributed by atoms with Gasteiger partial charge in [-0.3, -0.25) is 0 Å². The summed E-state index contributed by atoms with van der Waals surface area (Å²) in [5, 5.41) is 0. The Morgan fingerprint density at radius 2 is 2.29 bits per heavy atom. The van der Waals surface area contributed by atoms with Gasteiger partial charge in [-0.15, -0.1) is 0 Å². The van der Waals surface area contributed by atoms with Crippen molar-refractivity contribution < 1.29 is 4.84 Å². The smallest absolute Gasteiger partial charge is 0.0745 e. The van der Waals surface area contributed by atoms with E-state index in [2.05, 4.69) is 36.0 Å². The van der Waals surface area contributed by atoms with Gasteiger partial charge in [0.15, 0.2) is 0 Å². The summed E-state index contributed by atoms with van der Waals surface area (Å²) in [7, 11) is 0. The largest absolute Gasteiger partial charge is 0.304 e. The van der Waals surface area contributed by atoms with Crippen molar-refractivity contribution in [2.24, 2.45) is 5.90 Å². The van der Waals surface area contributed by atoms with E-state index in [0.717, 1.165) is 5.92 Å². The quantitative estimate of drug-likeness (QED) is 0.742. The fourth-order valence-corrected chi connectivity index (χ4v) is 1.78. The van der Waals surface area contributed by atoms with Crippen LogP contribution in [-0.4, -0.2) is 6.61 Å². The van der Waals surface area contributed by atoms with Crippen molar-refractivity contribution >= 4 is 0 Å². The summed E-state index contributed by atoms with van der Waals surface area (Å²) >= 11 is 0. The number of nitrogens with two attached hydrogens (primary N) is 1. The molecule has 0 bridgehead atoms. The summed E-state index contributed by atoms with van der Waals surface area (Å²) in [6.45, 7) is 2.73. The second-order valence-corrected chi connectivity index (χ2v) is 4.18. The van der Waals surface area contributed by atoms with E-state index < -0.39 is 0 Å². The van der Waals surface area contributed by atoms with Crippen LogP contribution in [0, 0.1) is 0 Å². The van der Waals surface area contributed by atoms with Crippen LogP contribution in [0.2, 0.25) is 0 Å². The van der Waals surface area contributed by atoms with Crippen LogP contribution in [0.4, 0.5) is 0 Å². The maximum atomic E-state index is 5.08. The first-order valence-corrected chi connectivity index (χ1v) is 5.23. The Balaban J connectivity index is 2.12. The van der Waals surface area contributed by atoms with Crippen molar-refractivity contribution in [3.8, 4) is 0 Å². The summed E-state index contributed by atoms with van der Waals surface area (Å²) in [6, 6.07) is 8.80. The van der Waals surface area contributed by atoms with Crippen LogP contribution in [0.1, 0.15) is 42.7 Å². The first kappa shape index (κ1) is 9.69. The average Bonchev–Trinajstić information content (AvgIpc) is 3.02. The molecule has 1 saturated carbocycles. The van der Waals surface area contributed by atoms with Gasteiger partial charge >= 0.3 is 0 Å². The van der Waals surface area contributed by atoms with Gasteiger partial charge < -0.3 is 4.84 Å². The van der Waals surface area contributed by atoms with Crippen LogP contribution in [0.25, 0.3) is 0 Å². The summed E-state index contributed by atoms with van der Waals surface area (Å²) in [5.41, 5.74) is 2.81. The zero-order valence-electron chi connectivity index (χ0n) is 8.57. The molecule has 2 N–H and O–H groups in total. The molecule has 14 heavy (non-hydrogen) atoms. The van der Waals surface area contributed by atoms with Gasteiger partial charge in [-0.2, -0.15) is 0 Å². The summed E-state index contributed by atoms with van der Waals surface area (Å²) in [5.74, 6) is 6.28. The SMILES string of the molecule is CC(CON)c1cccc(C2CC2)c1. The molecule has 1 aromatic carbocycles. The molecule has 0 aliphatic heterocycles. The highest BCUT2D eigenvalue weighted by Gasteiger charge is 2.23. The molecule has 2 rings (SSSR count). The third-order valence-electron chi connectivity index (χ3n) is 2.87. The Labute approximate surface area is 85.0 Å². The van der Waals surface area contributed by atoms with Crippen LogP contribution < -0.4 is 5.90 Å². The van der Waals surface area contributed by atoms with Gasteiger partial charge in [-0.1, -0.05) is 31.2 Å². The lowest BCUT2D eigenvalue weighted by atomic mass is 9.98. The van der Waals surface area contributed by atoms with Gasteiger partial charge in [0.1, 0.15) is 0 Å². The molecule has 1 aliphatic rings. The standard InChI is InChI=1S/C12H17NO/c1-9(8-14-13)11-3-2-4-12(7-11)10-5-6-10/h2-4,7,9-10H,5-6,8,13H2,1H3. The maximum Gasteiger partial charge on any atom is 0.0745 e. The van der Waals surface area contributed by atoms with E-state index >= 15 is 0 Å². The second kappa shape index (κ2) is 4.11. The van der Waals surface area contributed by atoms with Crippen LogP contribution in [0.15, 0.2) is 24.3 Å². The molecule has 0 amide bonds. The van der Waals surface area contributed by atoms with Crippen molar-refractivity contribution in [2.75, 3.05) is 6.61 Å².